The molecule has 0 bridgehead atoms. The minimum atomic E-state index is -0.199. The van der Waals surface area contributed by atoms with Crippen molar-refractivity contribution in [3.05, 3.63) is 53.6 Å². The van der Waals surface area contributed by atoms with E-state index in [0.717, 1.165) is 59.5 Å². The first-order chi connectivity index (χ1) is 14.4. The molecule has 0 aromatic heterocycles. The van der Waals surface area contributed by atoms with Crippen LogP contribution in [0.25, 0.3) is 0 Å². The molecule has 1 fully saturated rings. The summed E-state index contributed by atoms with van der Waals surface area (Å²) in [4.78, 5) is 26.4. The van der Waals surface area contributed by atoms with Crippen molar-refractivity contribution in [3.63, 3.8) is 0 Å². The second kappa shape index (κ2) is 10.7. The fourth-order valence-corrected chi connectivity index (χ4v) is 5.03. The second-order valence-electron chi connectivity index (χ2n) is 8.23. The summed E-state index contributed by atoms with van der Waals surface area (Å²) in [5.41, 5.74) is 3.91. The van der Waals surface area contributed by atoms with Crippen molar-refractivity contribution in [1.82, 2.24) is 0 Å². The van der Waals surface area contributed by atoms with Crippen molar-refractivity contribution in [1.29, 1.82) is 0 Å². The zero-order valence-electron chi connectivity index (χ0n) is 18.2. The van der Waals surface area contributed by atoms with E-state index in [1.807, 2.05) is 57.2 Å². The standard InChI is InChI=1S/C25H32N2O2S/c1-4-23(25(29)27-21-14-17(2)13-18(3)15-21)30-22-12-8-11-20(16-22)26-24(28)19-9-6-5-7-10-19/h8,11-16,19,23H,4-7,9-10H2,1-3H3,(H,26,28)(H,27,29). The molecule has 2 amide bonds. The summed E-state index contributed by atoms with van der Waals surface area (Å²) in [6.07, 6.45) is 6.20. The van der Waals surface area contributed by atoms with E-state index in [4.69, 9.17) is 0 Å². The molecule has 0 spiro atoms. The third-order valence-corrected chi connectivity index (χ3v) is 6.87. The third-order valence-electron chi connectivity index (χ3n) is 5.51. The summed E-state index contributed by atoms with van der Waals surface area (Å²) in [5.74, 6) is 0.252. The molecule has 0 saturated heterocycles. The number of hydrogen-bond donors (Lipinski definition) is 2. The maximum Gasteiger partial charge on any atom is 0.237 e. The van der Waals surface area contributed by atoms with Gasteiger partial charge in [0.15, 0.2) is 0 Å². The second-order valence-corrected chi connectivity index (χ2v) is 9.51. The first-order valence-electron chi connectivity index (χ1n) is 10.9. The molecular weight excluding hydrogens is 392 g/mol. The average molecular weight is 425 g/mol. The lowest BCUT2D eigenvalue weighted by Gasteiger charge is -2.21. The quantitative estimate of drug-likeness (QED) is 0.511. The maximum atomic E-state index is 12.8. The van der Waals surface area contributed by atoms with Crippen molar-refractivity contribution in [3.8, 4) is 0 Å². The van der Waals surface area contributed by atoms with Gasteiger partial charge in [0.2, 0.25) is 11.8 Å². The summed E-state index contributed by atoms with van der Waals surface area (Å²) >= 11 is 1.54. The van der Waals surface area contributed by atoms with Crippen LogP contribution in [-0.2, 0) is 9.59 Å². The van der Waals surface area contributed by atoms with Crippen LogP contribution in [0, 0.1) is 19.8 Å². The van der Waals surface area contributed by atoms with Crippen molar-refractivity contribution < 1.29 is 9.59 Å². The molecule has 30 heavy (non-hydrogen) atoms. The molecule has 1 aliphatic rings. The highest BCUT2D eigenvalue weighted by Crippen LogP contribution is 2.30. The number of anilines is 2. The lowest BCUT2D eigenvalue weighted by atomic mass is 9.88. The molecule has 1 unspecified atom stereocenters. The molecule has 2 N–H and O–H groups in total. The molecule has 2 aromatic carbocycles. The van der Waals surface area contributed by atoms with Crippen LogP contribution >= 0.6 is 11.8 Å². The lowest BCUT2D eigenvalue weighted by Crippen LogP contribution is -2.25. The molecule has 0 radical (unpaired) electrons. The van der Waals surface area contributed by atoms with E-state index in [0.29, 0.717) is 0 Å². The Hall–Kier alpha value is -2.27. The van der Waals surface area contributed by atoms with E-state index in [9.17, 15) is 9.59 Å². The predicted octanol–water partition coefficient (Wildman–Crippen LogP) is 6.33. The zero-order chi connectivity index (χ0) is 21.5. The van der Waals surface area contributed by atoms with E-state index >= 15 is 0 Å². The molecule has 1 saturated carbocycles. The molecular formula is C25H32N2O2S. The Bertz CT molecular complexity index is 870. The summed E-state index contributed by atoms with van der Waals surface area (Å²) in [6.45, 7) is 6.08. The number of thioether (sulfide) groups is 1. The minimum absolute atomic E-state index is 0.00384. The monoisotopic (exact) mass is 424 g/mol. The van der Waals surface area contributed by atoms with E-state index in [-0.39, 0.29) is 23.0 Å². The topological polar surface area (TPSA) is 58.2 Å². The molecule has 5 heteroatoms. The minimum Gasteiger partial charge on any atom is -0.326 e. The Balaban J connectivity index is 1.62. The van der Waals surface area contributed by atoms with Gasteiger partial charge in [-0.05, 0) is 74.6 Å². The van der Waals surface area contributed by atoms with Gasteiger partial charge in [0.25, 0.3) is 0 Å². The number of nitrogens with one attached hydrogen (secondary N) is 2. The number of rotatable bonds is 7. The van der Waals surface area contributed by atoms with E-state index in [1.165, 1.54) is 18.2 Å². The Morgan fingerprint density at radius 2 is 1.67 bits per heavy atom. The van der Waals surface area contributed by atoms with Crippen LogP contribution in [0.5, 0.6) is 0 Å². The highest BCUT2D eigenvalue weighted by molar-refractivity contribution is 8.00. The van der Waals surface area contributed by atoms with Crippen LogP contribution in [0.2, 0.25) is 0 Å². The molecule has 1 atom stereocenters. The van der Waals surface area contributed by atoms with Crippen molar-refractivity contribution >= 4 is 35.0 Å². The number of benzene rings is 2. The first-order valence-corrected chi connectivity index (χ1v) is 11.8. The van der Waals surface area contributed by atoms with Gasteiger partial charge >= 0.3 is 0 Å². The largest absolute Gasteiger partial charge is 0.326 e. The fraction of sp³-hybridized carbons (Fsp3) is 0.440. The summed E-state index contributed by atoms with van der Waals surface area (Å²) in [5, 5.41) is 5.93. The molecule has 1 aliphatic carbocycles. The molecule has 0 heterocycles. The Morgan fingerprint density at radius 1 is 0.967 bits per heavy atom. The molecule has 160 valence electrons. The summed E-state index contributed by atoms with van der Waals surface area (Å²) < 4.78 is 0. The highest BCUT2D eigenvalue weighted by Gasteiger charge is 2.22. The highest BCUT2D eigenvalue weighted by atomic mass is 32.2. The van der Waals surface area contributed by atoms with Crippen LogP contribution in [-0.4, -0.2) is 17.1 Å². The number of carbonyl (C=O) groups is 2. The summed E-state index contributed by atoms with van der Waals surface area (Å²) in [6, 6.07) is 13.9. The lowest BCUT2D eigenvalue weighted by molar-refractivity contribution is -0.120. The SMILES string of the molecule is CCC(Sc1cccc(NC(=O)C2CCCCC2)c1)C(=O)Nc1cc(C)cc(C)c1. The number of aryl methyl sites for hydroxylation is 2. The van der Waals surface area contributed by atoms with E-state index in [1.54, 1.807) is 0 Å². The van der Waals surface area contributed by atoms with Gasteiger partial charge in [0.05, 0.1) is 5.25 Å². The normalized spacial score (nSPS) is 15.4. The van der Waals surface area contributed by atoms with Gasteiger partial charge < -0.3 is 10.6 Å². The van der Waals surface area contributed by atoms with Crippen LogP contribution in [0.3, 0.4) is 0 Å². The van der Waals surface area contributed by atoms with Crippen molar-refractivity contribution in [2.75, 3.05) is 10.6 Å². The van der Waals surface area contributed by atoms with E-state index < -0.39 is 0 Å². The average Bonchev–Trinajstić information content (AvgIpc) is 2.72. The van der Waals surface area contributed by atoms with Crippen molar-refractivity contribution in [2.24, 2.45) is 5.92 Å². The molecule has 0 aliphatic heterocycles. The fourth-order valence-electron chi connectivity index (χ4n) is 4.01. The summed E-state index contributed by atoms with van der Waals surface area (Å²) in [7, 11) is 0. The third kappa shape index (κ3) is 6.36. The van der Waals surface area contributed by atoms with Gasteiger partial charge in [-0.15, -0.1) is 11.8 Å². The van der Waals surface area contributed by atoms with Gasteiger partial charge in [-0.25, -0.2) is 0 Å². The van der Waals surface area contributed by atoms with Gasteiger partial charge in [-0.3, -0.25) is 9.59 Å². The smallest absolute Gasteiger partial charge is 0.237 e. The Kier molecular flexibility index (Phi) is 7.97. The molecule has 2 aromatic rings. The van der Waals surface area contributed by atoms with Gasteiger partial charge in [0.1, 0.15) is 0 Å². The van der Waals surface area contributed by atoms with Crippen LogP contribution in [0.4, 0.5) is 11.4 Å². The van der Waals surface area contributed by atoms with Crippen LogP contribution in [0.15, 0.2) is 47.4 Å². The van der Waals surface area contributed by atoms with Gasteiger partial charge in [0, 0.05) is 22.2 Å². The van der Waals surface area contributed by atoms with Crippen LogP contribution < -0.4 is 10.6 Å². The molecule has 4 nitrogen and oxygen atoms in total. The first kappa shape index (κ1) is 22.4. The predicted molar refractivity (Wildman–Crippen MR) is 126 cm³/mol. The Morgan fingerprint density at radius 3 is 2.33 bits per heavy atom. The van der Waals surface area contributed by atoms with Gasteiger partial charge in [-0.1, -0.05) is 38.3 Å². The number of amides is 2. The maximum absolute atomic E-state index is 12.8. The number of hydrogen-bond acceptors (Lipinski definition) is 3. The van der Waals surface area contributed by atoms with Crippen molar-refractivity contribution in [2.45, 2.75) is 69.4 Å². The zero-order valence-corrected chi connectivity index (χ0v) is 19.0. The Labute approximate surface area is 184 Å². The molecule has 3 rings (SSSR count). The van der Waals surface area contributed by atoms with E-state index in [2.05, 4.69) is 16.7 Å². The number of carbonyl (C=O) groups excluding carboxylic acids is 2. The van der Waals surface area contributed by atoms with Gasteiger partial charge in [-0.2, -0.15) is 0 Å². The van der Waals surface area contributed by atoms with Crippen LogP contribution in [0.1, 0.15) is 56.6 Å².